The molecule has 0 aliphatic heterocycles. The summed E-state index contributed by atoms with van der Waals surface area (Å²) in [6.45, 7) is 0. The van der Waals surface area contributed by atoms with E-state index in [1.54, 1.807) is 0 Å². The maximum Gasteiger partial charge on any atom is 0.0547 e. The van der Waals surface area contributed by atoms with Crippen LogP contribution in [0.1, 0.15) is 0 Å². The summed E-state index contributed by atoms with van der Waals surface area (Å²) in [4.78, 5) is 2.37. The maximum absolute atomic E-state index is 2.40. The molecule has 0 saturated carbocycles. The van der Waals surface area contributed by atoms with Crippen molar-refractivity contribution in [1.82, 2.24) is 4.57 Å². The van der Waals surface area contributed by atoms with Crippen LogP contribution in [0.25, 0.3) is 80.7 Å². The fraction of sp³-hybridized carbons (Fsp3) is 0. The van der Waals surface area contributed by atoms with Crippen LogP contribution in [0.3, 0.4) is 0 Å². The molecule has 0 radical (unpaired) electrons. The van der Waals surface area contributed by atoms with Crippen LogP contribution in [0.2, 0.25) is 0 Å². The van der Waals surface area contributed by atoms with Gasteiger partial charge in [0, 0.05) is 53.7 Å². The molecule has 2 heterocycles. The first-order valence-corrected chi connectivity index (χ1v) is 19.6. The number of benzene rings is 9. The van der Waals surface area contributed by atoms with E-state index >= 15 is 0 Å². The monoisotopic (exact) mass is 718 g/mol. The summed E-state index contributed by atoms with van der Waals surface area (Å²) in [5, 5.41) is 7.75. The molecule has 0 unspecified atom stereocenters. The van der Waals surface area contributed by atoms with Gasteiger partial charge in [-0.05, 0) is 99.8 Å². The molecule has 0 spiro atoms. The molecule has 2 aromatic heterocycles. The van der Waals surface area contributed by atoms with E-state index in [9.17, 15) is 0 Å². The van der Waals surface area contributed by atoms with Gasteiger partial charge in [-0.15, -0.1) is 11.3 Å². The highest BCUT2D eigenvalue weighted by Crippen LogP contribution is 2.42. The first kappa shape index (κ1) is 31.6. The zero-order valence-corrected chi connectivity index (χ0v) is 30.7. The van der Waals surface area contributed by atoms with E-state index < -0.39 is 0 Å². The molecule has 2 nitrogen and oxygen atoms in total. The molecule has 258 valence electrons. The fourth-order valence-electron chi connectivity index (χ4n) is 8.36. The number of para-hydroxylation sites is 1. The third kappa shape index (κ3) is 5.32. The van der Waals surface area contributed by atoms with Crippen molar-refractivity contribution < 1.29 is 0 Å². The summed E-state index contributed by atoms with van der Waals surface area (Å²) in [7, 11) is 0. The van der Waals surface area contributed by atoms with Crippen molar-refractivity contribution >= 4 is 81.1 Å². The molecule has 0 saturated heterocycles. The number of fused-ring (bicyclic) bond motifs is 8. The van der Waals surface area contributed by atoms with E-state index in [0.29, 0.717) is 0 Å². The Hall–Kier alpha value is -6.94. The smallest absolute Gasteiger partial charge is 0.0547 e. The van der Waals surface area contributed by atoms with Crippen LogP contribution in [0, 0.1) is 0 Å². The third-order valence-corrected chi connectivity index (χ3v) is 12.1. The average Bonchev–Trinajstić information content (AvgIpc) is 3.80. The summed E-state index contributed by atoms with van der Waals surface area (Å²) >= 11 is 1.86. The van der Waals surface area contributed by atoms with E-state index in [1.165, 1.54) is 75.0 Å². The Balaban J connectivity index is 0.969. The second-order valence-electron chi connectivity index (χ2n) is 14.2. The summed E-state index contributed by atoms with van der Waals surface area (Å²) in [5.41, 5.74) is 11.8. The lowest BCUT2D eigenvalue weighted by atomic mass is 10.0. The molecule has 9 aromatic carbocycles. The Morgan fingerprint density at radius 2 is 0.891 bits per heavy atom. The molecule has 0 aliphatic rings. The van der Waals surface area contributed by atoms with Crippen molar-refractivity contribution in [2.45, 2.75) is 0 Å². The molecule has 0 bridgehead atoms. The van der Waals surface area contributed by atoms with Crippen molar-refractivity contribution in [3.05, 3.63) is 206 Å². The molecule has 0 aliphatic carbocycles. The minimum atomic E-state index is 1.12. The van der Waals surface area contributed by atoms with Crippen LogP contribution in [-0.2, 0) is 0 Å². The van der Waals surface area contributed by atoms with Gasteiger partial charge in [0.25, 0.3) is 0 Å². The first-order valence-electron chi connectivity index (χ1n) is 18.8. The number of anilines is 3. The number of rotatable bonds is 6. The van der Waals surface area contributed by atoms with Gasteiger partial charge in [0.15, 0.2) is 0 Å². The lowest BCUT2D eigenvalue weighted by Gasteiger charge is -2.26. The number of thiophene rings is 1. The molecule has 0 atom stereocenters. The SMILES string of the molecule is c1ccc(-c2ccc(N(c3ccc(-c4ccc(-n5c6ccccc6c6c7ccccc7ccc65)cc4)cc3)c3ccc4c(c3)sc3ccccc34)cc2)cc1. The molecule has 3 heteroatoms. The molecular formula is C52H34N2S. The molecule has 11 rings (SSSR count). The highest BCUT2D eigenvalue weighted by Gasteiger charge is 2.17. The quantitative estimate of drug-likeness (QED) is 0.166. The Bertz CT molecular complexity index is 3170. The normalized spacial score (nSPS) is 11.6. The van der Waals surface area contributed by atoms with Crippen LogP contribution in [-0.4, -0.2) is 4.57 Å². The zero-order valence-electron chi connectivity index (χ0n) is 29.9. The molecule has 11 aromatic rings. The molecule has 55 heavy (non-hydrogen) atoms. The Morgan fingerprint density at radius 1 is 0.345 bits per heavy atom. The predicted molar refractivity (Wildman–Crippen MR) is 237 cm³/mol. The lowest BCUT2D eigenvalue weighted by molar-refractivity contribution is 1.18. The molecular weight excluding hydrogens is 685 g/mol. The van der Waals surface area contributed by atoms with Gasteiger partial charge in [0.05, 0.1) is 11.0 Å². The van der Waals surface area contributed by atoms with Gasteiger partial charge < -0.3 is 9.47 Å². The number of hydrogen-bond acceptors (Lipinski definition) is 2. The van der Waals surface area contributed by atoms with Crippen molar-refractivity contribution in [1.29, 1.82) is 0 Å². The lowest BCUT2D eigenvalue weighted by Crippen LogP contribution is -2.09. The Kier molecular flexibility index (Phi) is 7.39. The van der Waals surface area contributed by atoms with Gasteiger partial charge in [0.2, 0.25) is 0 Å². The topological polar surface area (TPSA) is 8.17 Å². The summed E-state index contributed by atoms with van der Waals surface area (Å²) in [6, 6.07) is 75.1. The first-order chi connectivity index (χ1) is 27.3. The number of nitrogens with zero attached hydrogens (tertiary/aromatic N) is 2. The molecule has 0 N–H and O–H groups in total. The second-order valence-corrected chi connectivity index (χ2v) is 15.2. The average molecular weight is 719 g/mol. The zero-order chi connectivity index (χ0) is 36.3. The predicted octanol–water partition coefficient (Wildman–Crippen LogP) is 15.1. The van der Waals surface area contributed by atoms with Crippen molar-refractivity contribution in [3.8, 4) is 27.9 Å². The molecule has 0 fully saturated rings. The van der Waals surface area contributed by atoms with Gasteiger partial charge in [-0.25, -0.2) is 0 Å². The molecule has 0 amide bonds. The fourth-order valence-corrected chi connectivity index (χ4v) is 9.50. The van der Waals surface area contributed by atoms with E-state index in [0.717, 1.165) is 22.7 Å². The Morgan fingerprint density at radius 3 is 1.62 bits per heavy atom. The standard InChI is InChI=1S/C52H34N2S/c1-2-10-35(11-3-1)36-18-25-40(26-19-36)53(43-31-32-46-45-14-7-9-17-50(45)55-51(46)34-43)41-27-20-37(21-28-41)38-22-29-42(30-23-38)54-48-16-8-6-15-47(48)52-44-13-5-4-12-39(44)24-33-49(52)54/h1-34H. The van der Waals surface area contributed by atoms with Crippen LogP contribution in [0.5, 0.6) is 0 Å². The van der Waals surface area contributed by atoms with Gasteiger partial charge in [0.1, 0.15) is 0 Å². The maximum atomic E-state index is 2.40. The van der Waals surface area contributed by atoms with Crippen LogP contribution in [0.15, 0.2) is 206 Å². The largest absolute Gasteiger partial charge is 0.310 e. The highest BCUT2D eigenvalue weighted by atomic mass is 32.1. The minimum absolute atomic E-state index is 1.12. The minimum Gasteiger partial charge on any atom is -0.310 e. The summed E-state index contributed by atoms with van der Waals surface area (Å²) in [5.74, 6) is 0. The van der Waals surface area contributed by atoms with E-state index in [-0.39, 0.29) is 0 Å². The van der Waals surface area contributed by atoms with Crippen LogP contribution in [0.4, 0.5) is 17.1 Å². The van der Waals surface area contributed by atoms with Crippen LogP contribution < -0.4 is 4.90 Å². The summed E-state index contributed by atoms with van der Waals surface area (Å²) < 4.78 is 5.01. The van der Waals surface area contributed by atoms with Crippen molar-refractivity contribution in [3.63, 3.8) is 0 Å². The van der Waals surface area contributed by atoms with Crippen molar-refractivity contribution in [2.75, 3.05) is 4.90 Å². The second kappa shape index (κ2) is 12.9. The number of aromatic nitrogens is 1. The van der Waals surface area contributed by atoms with Gasteiger partial charge >= 0.3 is 0 Å². The van der Waals surface area contributed by atoms with E-state index in [1.807, 2.05) is 11.3 Å². The van der Waals surface area contributed by atoms with Crippen LogP contribution >= 0.6 is 11.3 Å². The highest BCUT2D eigenvalue weighted by molar-refractivity contribution is 7.25. The third-order valence-electron chi connectivity index (χ3n) is 11.0. The Labute approximate surface area is 323 Å². The number of hydrogen-bond donors (Lipinski definition) is 0. The van der Waals surface area contributed by atoms with E-state index in [4.69, 9.17) is 0 Å². The van der Waals surface area contributed by atoms with Gasteiger partial charge in [-0.1, -0.05) is 140 Å². The van der Waals surface area contributed by atoms with E-state index in [2.05, 4.69) is 216 Å². The van der Waals surface area contributed by atoms with Gasteiger partial charge in [-0.3, -0.25) is 0 Å². The van der Waals surface area contributed by atoms with Crippen molar-refractivity contribution in [2.24, 2.45) is 0 Å². The van der Waals surface area contributed by atoms with Gasteiger partial charge in [-0.2, -0.15) is 0 Å². The summed E-state index contributed by atoms with van der Waals surface area (Å²) in [6.07, 6.45) is 0.